The minimum Gasteiger partial charge on any atom is -0.492 e. The van der Waals surface area contributed by atoms with Crippen molar-refractivity contribution >= 4 is 5.78 Å². The van der Waals surface area contributed by atoms with Crippen LogP contribution in [0.15, 0.2) is 18.5 Å². The molecule has 0 aromatic carbocycles. The van der Waals surface area contributed by atoms with Gasteiger partial charge in [0.1, 0.15) is 5.75 Å². The Bertz CT molecular complexity index is 407. The molecule has 112 valence electrons. The summed E-state index contributed by atoms with van der Waals surface area (Å²) in [5, 5.41) is 0. The molecule has 0 aliphatic carbocycles. The van der Waals surface area contributed by atoms with Crippen LogP contribution in [0.3, 0.4) is 0 Å². The summed E-state index contributed by atoms with van der Waals surface area (Å²) in [6.07, 6.45) is 7.71. The second-order valence-electron chi connectivity index (χ2n) is 5.07. The molecule has 1 heterocycles. The van der Waals surface area contributed by atoms with Crippen molar-refractivity contribution in [2.75, 3.05) is 13.2 Å². The summed E-state index contributed by atoms with van der Waals surface area (Å²) in [4.78, 5) is 16.2. The second-order valence-corrected chi connectivity index (χ2v) is 5.07. The Hall–Kier alpha value is -1.42. The molecule has 0 radical (unpaired) electrons. The number of hydrogen-bond donors (Lipinski definition) is 1. The molecule has 1 aromatic rings. The predicted octanol–water partition coefficient (Wildman–Crippen LogP) is 3.21. The van der Waals surface area contributed by atoms with Crippen LogP contribution in [0.1, 0.15) is 56.3 Å². The fourth-order valence-corrected chi connectivity index (χ4v) is 2.14. The van der Waals surface area contributed by atoms with Gasteiger partial charge in [-0.15, -0.1) is 0 Å². The maximum atomic E-state index is 12.2. The highest BCUT2D eigenvalue weighted by atomic mass is 16.5. The Balaban J connectivity index is 2.54. The molecular weight excluding hydrogens is 252 g/mol. The third-order valence-electron chi connectivity index (χ3n) is 3.44. The Morgan fingerprint density at radius 1 is 1.35 bits per heavy atom. The average Bonchev–Trinajstić information content (AvgIpc) is 2.49. The topological polar surface area (TPSA) is 65.2 Å². The van der Waals surface area contributed by atoms with Gasteiger partial charge in [-0.25, -0.2) is 0 Å². The van der Waals surface area contributed by atoms with Crippen molar-refractivity contribution in [1.29, 1.82) is 0 Å². The first-order valence-electron chi connectivity index (χ1n) is 7.52. The van der Waals surface area contributed by atoms with E-state index in [2.05, 4.69) is 11.9 Å². The highest BCUT2D eigenvalue weighted by Gasteiger charge is 2.12. The number of hydrogen-bond acceptors (Lipinski definition) is 4. The monoisotopic (exact) mass is 278 g/mol. The average molecular weight is 278 g/mol. The molecule has 0 saturated carbocycles. The van der Waals surface area contributed by atoms with Gasteiger partial charge >= 0.3 is 0 Å². The van der Waals surface area contributed by atoms with E-state index in [-0.39, 0.29) is 5.78 Å². The molecule has 1 atom stereocenters. The van der Waals surface area contributed by atoms with Crippen LogP contribution in [0.5, 0.6) is 5.75 Å². The van der Waals surface area contributed by atoms with Crippen LogP contribution in [0.4, 0.5) is 0 Å². The number of carbonyl (C=O) groups excluding carboxylic acids is 1. The smallest absolute Gasteiger partial charge is 0.164 e. The number of rotatable bonds is 10. The largest absolute Gasteiger partial charge is 0.492 e. The molecule has 4 nitrogen and oxygen atoms in total. The zero-order valence-corrected chi connectivity index (χ0v) is 12.6. The zero-order chi connectivity index (χ0) is 14.8. The van der Waals surface area contributed by atoms with Crippen LogP contribution in [-0.2, 0) is 0 Å². The highest BCUT2D eigenvalue weighted by molar-refractivity contribution is 5.96. The molecule has 2 N–H and O–H groups in total. The molecule has 0 saturated heterocycles. The van der Waals surface area contributed by atoms with E-state index in [4.69, 9.17) is 10.5 Å². The summed E-state index contributed by atoms with van der Waals surface area (Å²) >= 11 is 0. The van der Waals surface area contributed by atoms with E-state index < -0.39 is 0 Å². The van der Waals surface area contributed by atoms with Gasteiger partial charge in [-0.3, -0.25) is 9.78 Å². The number of ether oxygens (including phenoxy) is 1. The van der Waals surface area contributed by atoms with Gasteiger partial charge in [-0.1, -0.05) is 20.3 Å². The maximum absolute atomic E-state index is 12.2. The number of pyridine rings is 1. The Morgan fingerprint density at radius 2 is 2.15 bits per heavy atom. The van der Waals surface area contributed by atoms with Crippen LogP contribution in [-0.4, -0.2) is 23.9 Å². The van der Waals surface area contributed by atoms with Crippen molar-refractivity contribution in [3.05, 3.63) is 24.0 Å². The first-order chi connectivity index (χ1) is 9.71. The molecule has 1 unspecified atom stereocenters. The summed E-state index contributed by atoms with van der Waals surface area (Å²) in [6.45, 7) is 5.53. The van der Waals surface area contributed by atoms with Gasteiger partial charge in [0.25, 0.3) is 0 Å². The third kappa shape index (κ3) is 5.70. The summed E-state index contributed by atoms with van der Waals surface area (Å²) < 4.78 is 5.50. The second kappa shape index (κ2) is 9.48. The van der Waals surface area contributed by atoms with Gasteiger partial charge < -0.3 is 10.5 Å². The molecular formula is C16H26N2O2. The molecule has 0 bridgehead atoms. The van der Waals surface area contributed by atoms with Crippen molar-refractivity contribution in [2.45, 2.75) is 46.0 Å². The van der Waals surface area contributed by atoms with Gasteiger partial charge in [0.2, 0.25) is 0 Å². The Kier molecular flexibility index (Phi) is 7.88. The number of aromatic nitrogens is 1. The van der Waals surface area contributed by atoms with Crippen molar-refractivity contribution in [3.63, 3.8) is 0 Å². The lowest BCUT2D eigenvalue weighted by molar-refractivity contribution is 0.0972. The Labute approximate surface area is 121 Å². The van der Waals surface area contributed by atoms with Crippen LogP contribution < -0.4 is 10.5 Å². The van der Waals surface area contributed by atoms with Gasteiger partial charge in [0.15, 0.2) is 5.78 Å². The minimum absolute atomic E-state index is 0.134. The van der Waals surface area contributed by atoms with E-state index in [1.165, 1.54) is 0 Å². The van der Waals surface area contributed by atoms with Crippen molar-refractivity contribution in [2.24, 2.45) is 11.7 Å². The molecule has 1 rings (SSSR count). The number of Topliss-reactive ketones (excluding diaryl/α,β-unsaturated/α-hetero) is 1. The van der Waals surface area contributed by atoms with Crippen molar-refractivity contribution in [3.8, 4) is 5.75 Å². The number of nitrogens with zero attached hydrogens (tertiary/aromatic N) is 1. The summed E-state index contributed by atoms with van der Waals surface area (Å²) in [6, 6.07) is 1.79. The quantitative estimate of drug-likeness (QED) is 0.667. The van der Waals surface area contributed by atoms with Crippen molar-refractivity contribution < 1.29 is 9.53 Å². The lowest BCUT2D eigenvalue weighted by Gasteiger charge is -2.12. The first-order valence-corrected chi connectivity index (χ1v) is 7.52. The summed E-state index contributed by atoms with van der Waals surface area (Å²) in [5.41, 5.74) is 6.22. The lowest BCUT2D eigenvalue weighted by atomic mass is 9.94. The van der Waals surface area contributed by atoms with E-state index in [1.807, 2.05) is 6.92 Å². The van der Waals surface area contributed by atoms with Gasteiger partial charge in [-0.05, 0) is 37.8 Å². The normalized spacial score (nSPS) is 12.2. The SMILES string of the molecule is CCCOc1cncc(C(=O)CCC(CC)CCN)c1. The fourth-order valence-electron chi connectivity index (χ4n) is 2.14. The van der Waals surface area contributed by atoms with E-state index >= 15 is 0 Å². The number of carbonyl (C=O) groups is 1. The zero-order valence-electron chi connectivity index (χ0n) is 12.6. The molecule has 0 aliphatic heterocycles. The van der Waals surface area contributed by atoms with E-state index in [9.17, 15) is 4.79 Å². The minimum atomic E-state index is 0.134. The molecule has 0 aliphatic rings. The summed E-state index contributed by atoms with van der Waals surface area (Å²) in [5.74, 6) is 1.35. The third-order valence-corrected chi connectivity index (χ3v) is 3.44. The number of ketones is 1. The van der Waals surface area contributed by atoms with E-state index in [1.54, 1.807) is 18.5 Å². The number of nitrogens with two attached hydrogens (primary N) is 1. The van der Waals surface area contributed by atoms with Crippen molar-refractivity contribution in [1.82, 2.24) is 4.98 Å². The summed E-state index contributed by atoms with van der Waals surface area (Å²) in [7, 11) is 0. The molecule has 20 heavy (non-hydrogen) atoms. The predicted molar refractivity (Wildman–Crippen MR) is 81.0 cm³/mol. The van der Waals surface area contributed by atoms with E-state index in [0.717, 1.165) is 25.7 Å². The van der Waals surface area contributed by atoms with E-state index in [0.29, 0.717) is 36.8 Å². The maximum Gasteiger partial charge on any atom is 0.164 e. The van der Waals surface area contributed by atoms with Crippen LogP contribution in [0.25, 0.3) is 0 Å². The molecule has 0 fully saturated rings. The first kappa shape index (κ1) is 16.6. The fraction of sp³-hybridized carbons (Fsp3) is 0.625. The van der Waals surface area contributed by atoms with Gasteiger partial charge in [-0.2, -0.15) is 0 Å². The van der Waals surface area contributed by atoms with Crippen LogP contribution in [0, 0.1) is 5.92 Å². The standard InChI is InChI=1S/C16H26N2O2/c1-3-9-20-15-10-14(11-18-12-15)16(19)6-5-13(4-2)7-8-17/h10-13H,3-9,17H2,1-2H3. The van der Waals surface area contributed by atoms with Gasteiger partial charge in [0.05, 0.1) is 12.8 Å². The van der Waals surface area contributed by atoms with Crippen LogP contribution in [0.2, 0.25) is 0 Å². The molecule has 1 aromatic heterocycles. The highest BCUT2D eigenvalue weighted by Crippen LogP contribution is 2.18. The Morgan fingerprint density at radius 3 is 2.80 bits per heavy atom. The molecule has 4 heteroatoms. The van der Waals surface area contributed by atoms with Gasteiger partial charge in [0, 0.05) is 18.2 Å². The van der Waals surface area contributed by atoms with Crippen LogP contribution >= 0.6 is 0 Å². The molecule has 0 amide bonds. The molecule has 0 spiro atoms. The lowest BCUT2D eigenvalue weighted by Crippen LogP contribution is -2.10.